The first-order chi connectivity index (χ1) is 10.5. The number of piperidine rings is 1. The standard InChI is InChI=1S/C15H17ClN2O4/c1-2-22-14(20)12-9-18(8-7-13(12)19)15(21)17-11-5-3-10(16)4-6-11/h3-6,12H,2,7-9H2,1H3,(H,17,21). The molecule has 0 saturated carbocycles. The summed E-state index contributed by atoms with van der Waals surface area (Å²) in [7, 11) is 0. The molecular weight excluding hydrogens is 308 g/mol. The number of hydrogen-bond donors (Lipinski definition) is 1. The molecule has 1 aliphatic rings. The van der Waals surface area contributed by atoms with Crippen molar-refractivity contribution in [2.75, 3.05) is 25.0 Å². The third kappa shape index (κ3) is 3.98. The number of hydrogen-bond acceptors (Lipinski definition) is 4. The maximum Gasteiger partial charge on any atom is 0.321 e. The molecule has 2 amide bonds. The molecule has 1 fully saturated rings. The van der Waals surface area contributed by atoms with Gasteiger partial charge in [0.15, 0.2) is 5.78 Å². The number of anilines is 1. The Balaban J connectivity index is 1.99. The average molecular weight is 325 g/mol. The lowest BCUT2D eigenvalue weighted by molar-refractivity contribution is -0.153. The Morgan fingerprint density at radius 3 is 2.68 bits per heavy atom. The van der Waals surface area contributed by atoms with E-state index in [1.165, 1.54) is 4.90 Å². The maximum absolute atomic E-state index is 12.2. The Labute approximate surface area is 133 Å². The topological polar surface area (TPSA) is 75.7 Å². The first-order valence-electron chi connectivity index (χ1n) is 7.02. The summed E-state index contributed by atoms with van der Waals surface area (Å²) >= 11 is 5.78. The van der Waals surface area contributed by atoms with Gasteiger partial charge in [-0.25, -0.2) is 4.79 Å². The maximum atomic E-state index is 12.2. The minimum atomic E-state index is -0.898. The molecule has 6 nitrogen and oxygen atoms in total. The van der Waals surface area contributed by atoms with Gasteiger partial charge in [-0.15, -0.1) is 0 Å². The third-order valence-electron chi connectivity index (χ3n) is 3.37. The number of urea groups is 1. The molecule has 1 aliphatic heterocycles. The predicted molar refractivity (Wildman–Crippen MR) is 81.8 cm³/mol. The first kappa shape index (κ1) is 16.3. The van der Waals surface area contributed by atoms with Crippen LogP contribution in [0.25, 0.3) is 0 Å². The van der Waals surface area contributed by atoms with Crippen LogP contribution in [0.3, 0.4) is 0 Å². The summed E-state index contributed by atoms with van der Waals surface area (Å²) < 4.78 is 4.88. The number of nitrogens with one attached hydrogen (secondary N) is 1. The van der Waals surface area contributed by atoms with Crippen molar-refractivity contribution in [2.45, 2.75) is 13.3 Å². The molecule has 22 heavy (non-hydrogen) atoms. The Hall–Kier alpha value is -2.08. The molecule has 1 saturated heterocycles. The van der Waals surface area contributed by atoms with E-state index in [2.05, 4.69) is 5.32 Å². The second kappa shape index (κ2) is 7.26. The van der Waals surface area contributed by atoms with Gasteiger partial charge in [0.1, 0.15) is 5.92 Å². The number of Topliss-reactive ketones (excluding diaryl/α,β-unsaturated/α-hetero) is 1. The zero-order valence-corrected chi connectivity index (χ0v) is 12.9. The van der Waals surface area contributed by atoms with Gasteiger partial charge in [0.05, 0.1) is 6.61 Å². The summed E-state index contributed by atoms with van der Waals surface area (Å²) in [6.45, 7) is 2.21. The van der Waals surface area contributed by atoms with Crippen molar-refractivity contribution in [3.63, 3.8) is 0 Å². The van der Waals surface area contributed by atoms with Gasteiger partial charge in [-0.3, -0.25) is 9.59 Å². The molecule has 118 valence electrons. The molecule has 1 heterocycles. The van der Waals surface area contributed by atoms with Crippen LogP contribution in [0.5, 0.6) is 0 Å². The Kier molecular flexibility index (Phi) is 5.38. The monoisotopic (exact) mass is 324 g/mol. The second-order valence-electron chi connectivity index (χ2n) is 4.90. The third-order valence-corrected chi connectivity index (χ3v) is 3.63. The van der Waals surface area contributed by atoms with E-state index in [1.54, 1.807) is 31.2 Å². The van der Waals surface area contributed by atoms with Gasteiger partial charge in [0, 0.05) is 30.2 Å². The van der Waals surface area contributed by atoms with Gasteiger partial charge in [-0.1, -0.05) is 11.6 Å². The lowest BCUT2D eigenvalue weighted by atomic mass is 9.97. The number of benzene rings is 1. The number of likely N-dealkylation sites (tertiary alicyclic amines) is 1. The van der Waals surface area contributed by atoms with E-state index in [0.29, 0.717) is 10.7 Å². The summed E-state index contributed by atoms with van der Waals surface area (Å²) in [6.07, 6.45) is 0.150. The highest BCUT2D eigenvalue weighted by Gasteiger charge is 2.35. The Morgan fingerprint density at radius 1 is 1.36 bits per heavy atom. The van der Waals surface area contributed by atoms with Crippen LogP contribution in [0.1, 0.15) is 13.3 Å². The number of nitrogens with zero attached hydrogens (tertiary/aromatic N) is 1. The molecule has 0 aliphatic carbocycles. The largest absolute Gasteiger partial charge is 0.465 e. The molecule has 1 N–H and O–H groups in total. The summed E-state index contributed by atoms with van der Waals surface area (Å²) in [5.41, 5.74) is 0.596. The van der Waals surface area contributed by atoms with Crippen molar-refractivity contribution in [3.8, 4) is 0 Å². The zero-order valence-electron chi connectivity index (χ0n) is 12.2. The number of ketones is 1. The molecule has 0 bridgehead atoms. The minimum Gasteiger partial charge on any atom is -0.465 e. The second-order valence-corrected chi connectivity index (χ2v) is 5.34. The Morgan fingerprint density at radius 2 is 2.05 bits per heavy atom. The highest BCUT2D eigenvalue weighted by Crippen LogP contribution is 2.18. The number of halogens is 1. The molecule has 1 atom stereocenters. The molecule has 0 radical (unpaired) electrons. The van der Waals surface area contributed by atoms with Crippen LogP contribution in [0.15, 0.2) is 24.3 Å². The van der Waals surface area contributed by atoms with Crippen LogP contribution < -0.4 is 5.32 Å². The molecule has 2 rings (SSSR count). The van der Waals surface area contributed by atoms with Gasteiger partial charge in [0.2, 0.25) is 0 Å². The van der Waals surface area contributed by atoms with Crippen molar-refractivity contribution in [3.05, 3.63) is 29.3 Å². The van der Waals surface area contributed by atoms with E-state index < -0.39 is 11.9 Å². The van der Waals surface area contributed by atoms with Crippen molar-refractivity contribution in [2.24, 2.45) is 5.92 Å². The fraction of sp³-hybridized carbons (Fsp3) is 0.400. The fourth-order valence-corrected chi connectivity index (χ4v) is 2.33. The summed E-state index contributed by atoms with van der Waals surface area (Å²) in [4.78, 5) is 37.2. The van der Waals surface area contributed by atoms with Crippen LogP contribution in [0.4, 0.5) is 10.5 Å². The predicted octanol–water partition coefficient (Wildman–Crippen LogP) is 2.33. The lowest BCUT2D eigenvalue weighted by Crippen LogP contribution is -2.48. The van der Waals surface area contributed by atoms with Gasteiger partial charge in [-0.2, -0.15) is 0 Å². The molecule has 1 aromatic carbocycles. The molecular formula is C15H17ClN2O4. The van der Waals surface area contributed by atoms with E-state index in [4.69, 9.17) is 16.3 Å². The first-order valence-corrected chi connectivity index (χ1v) is 7.40. The number of carbonyl (C=O) groups is 3. The van der Waals surface area contributed by atoms with E-state index >= 15 is 0 Å². The minimum absolute atomic E-state index is 0.0388. The van der Waals surface area contributed by atoms with Gasteiger partial charge in [0.25, 0.3) is 0 Å². The quantitative estimate of drug-likeness (QED) is 0.684. The molecule has 0 spiro atoms. The van der Waals surface area contributed by atoms with Crippen molar-refractivity contribution < 1.29 is 19.1 Å². The number of rotatable bonds is 3. The molecule has 7 heteroatoms. The Bertz CT molecular complexity index is 573. The van der Waals surface area contributed by atoms with Gasteiger partial charge < -0.3 is 15.0 Å². The lowest BCUT2D eigenvalue weighted by Gasteiger charge is -2.30. The number of amides is 2. The van der Waals surface area contributed by atoms with E-state index in [1.807, 2.05) is 0 Å². The summed E-state index contributed by atoms with van der Waals surface area (Å²) in [5, 5.41) is 3.28. The number of ether oxygens (including phenoxy) is 1. The van der Waals surface area contributed by atoms with Gasteiger partial charge in [-0.05, 0) is 31.2 Å². The average Bonchev–Trinajstić information content (AvgIpc) is 2.50. The van der Waals surface area contributed by atoms with Gasteiger partial charge >= 0.3 is 12.0 Å². The summed E-state index contributed by atoms with van der Waals surface area (Å²) in [5.74, 6) is -1.66. The number of esters is 1. The van der Waals surface area contributed by atoms with E-state index in [-0.39, 0.29) is 37.9 Å². The van der Waals surface area contributed by atoms with Crippen molar-refractivity contribution in [1.29, 1.82) is 0 Å². The summed E-state index contributed by atoms with van der Waals surface area (Å²) in [6, 6.07) is 6.33. The fourth-order valence-electron chi connectivity index (χ4n) is 2.20. The highest BCUT2D eigenvalue weighted by molar-refractivity contribution is 6.30. The highest BCUT2D eigenvalue weighted by atomic mass is 35.5. The molecule has 1 aromatic rings. The smallest absolute Gasteiger partial charge is 0.321 e. The van der Waals surface area contributed by atoms with E-state index in [9.17, 15) is 14.4 Å². The zero-order chi connectivity index (χ0) is 16.1. The van der Waals surface area contributed by atoms with Crippen molar-refractivity contribution in [1.82, 2.24) is 4.90 Å². The van der Waals surface area contributed by atoms with Crippen LogP contribution in [-0.2, 0) is 14.3 Å². The van der Waals surface area contributed by atoms with Crippen LogP contribution in [0.2, 0.25) is 5.02 Å². The van der Waals surface area contributed by atoms with E-state index in [0.717, 1.165) is 0 Å². The molecule has 1 unspecified atom stereocenters. The SMILES string of the molecule is CCOC(=O)C1CN(C(=O)Nc2ccc(Cl)cc2)CCC1=O. The van der Waals surface area contributed by atoms with Crippen molar-refractivity contribution >= 4 is 35.1 Å². The normalized spacial score (nSPS) is 18.0. The van der Waals surface area contributed by atoms with Crippen LogP contribution >= 0.6 is 11.6 Å². The molecule has 0 aromatic heterocycles. The van der Waals surface area contributed by atoms with Crippen LogP contribution in [0, 0.1) is 5.92 Å². The van der Waals surface area contributed by atoms with Crippen LogP contribution in [-0.4, -0.2) is 42.4 Å². The number of carbonyl (C=O) groups excluding carboxylic acids is 3.